The van der Waals surface area contributed by atoms with Crippen molar-refractivity contribution < 1.29 is 27.6 Å². The lowest BCUT2D eigenvalue weighted by atomic mass is 10.0. The van der Waals surface area contributed by atoms with Gasteiger partial charge in [0, 0.05) is 30.7 Å². The maximum Gasteiger partial charge on any atom is 0.293 e. The first-order valence-corrected chi connectivity index (χ1v) is 13.9. The van der Waals surface area contributed by atoms with Gasteiger partial charge in [-0.1, -0.05) is 12.1 Å². The van der Waals surface area contributed by atoms with Crippen LogP contribution < -0.4 is 14.8 Å². The summed E-state index contributed by atoms with van der Waals surface area (Å²) >= 11 is 0. The van der Waals surface area contributed by atoms with E-state index in [9.17, 15) is 23.3 Å². The van der Waals surface area contributed by atoms with Gasteiger partial charge in [-0.3, -0.25) is 19.8 Å². The zero-order valence-electron chi connectivity index (χ0n) is 20.9. The molecule has 2 saturated heterocycles. The molecule has 0 unspecified atom stereocenters. The van der Waals surface area contributed by atoms with Crippen LogP contribution in [0.2, 0.25) is 0 Å². The summed E-state index contributed by atoms with van der Waals surface area (Å²) in [6.45, 7) is 2.78. The molecule has 2 aromatic heterocycles. The number of anilines is 1. The molecule has 0 atom stereocenters. The van der Waals surface area contributed by atoms with Crippen molar-refractivity contribution in [2.45, 2.75) is 17.0 Å². The van der Waals surface area contributed by atoms with E-state index in [0.29, 0.717) is 43.7 Å². The number of likely N-dealkylation sites (tertiary alicyclic amines) is 1. The van der Waals surface area contributed by atoms with E-state index < -0.39 is 31.4 Å². The molecular weight excluding hydrogens is 540 g/mol. The first-order valence-electron chi connectivity index (χ1n) is 12.4. The molecule has 13 nitrogen and oxygen atoms in total. The molecule has 0 radical (unpaired) electrons. The zero-order valence-corrected chi connectivity index (χ0v) is 21.8. The number of aromatic amines is 1. The lowest BCUT2D eigenvalue weighted by Crippen LogP contribution is -2.63. The second-order valence-corrected chi connectivity index (χ2v) is 11.2. The molecule has 14 heteroatoms. The number of nitro groups is 1. The van der Waals surface area contributed by atoms with Gasteiger partial charge in [0.25, 0.3) is 21.6 Å². The molecule has 40 heavy (non-hydrogen) atoms. The van der Waals surface area contributed by atoms with Crippen molar-refractivity contribution in [3.05, 3.63) is 82.7 Å². The van der Waals surface area contributed by atoms with Crippen molar-refractivity contribution >= 4 is 38.3 Å². The van der Waals surface area contributed by atoms with Crippen LogP contribution in [0.5, 0.6) is 11.5 Å². The number of amides is 1. The number of nitrogens with zero attached hydrogens (tertiary/aromatic N) is 3. The SMILES string of the molecule is O=C(NS(=O)(=O)c1ccc(NC2CN(C3COC3)C2)c([N+](=O)[O-])c1)c1ccccc1Oc1cnc2[nH]ccc2c1. The van der Waals surface area contributed by atoms with E-state index in [2.05, 4.69) is 20.2 Å². The van der Waals surface area contributed by atoms with Gasteiger partial charge in [0.15, 0.2) is 0 Å². The molecule has 2 aromatic carbocycles. The highest BCUT2D eigenvalue weighted by Crippen LogP contribution is 2.31. The molecule has 2 aliphatic rings. The van der Waals surface area contributed by atoms with Gasteiger partial charge in [0.2, 0.25) is 0 Å². The Bertz CT molecular complexity index is 1710. The smallest absolute Gasteiger partial charge is 0.293 e. The molecule has 4 heterocycles. The molecule has 0 saturated carbocycles. The molecule has 206 valence electrons. The standard InChI is InChI=1S/C26H24N6O7S/c33-26(21-3-1-2-4-24(21)39-19-9-16-7-8-27-25(16)28-11-19)30-40(36,37)20-5-6-22(23(10-20)32(34)35)29-17-12-31(13-17)18-14-38-15-18/h1-11,17-18,29H,12-15H2,(H,27,28)(H,30,33). The van der Waals surface area contributed by atoms with Crippen LogP contribution >= 0.6 is 0 Å². The first kappa shape index (κ1) is 25.7. The molecule has 4 aromatic rings. The molecule has 2 aliphatic heterocycles. The van der Waals surface area contributed by atoms with Crippen LogP contribution in [-0.4, -0.2) is 72.5 Å². The Hall–Kier alpha value is -4.53. The third-order valence-corrected chi connectivity index (χ3v) is 8.17. The predicted octanol–water partition coefficient (Wildman–Crippen LogP) is 2.88. The summed E-state index contributed by atoms with van der Waals surface area (Å²) in [7, 11) is -4.45. The number of H-pyrrole nitrogens is 1. The summed E-state index contributed by atoms with van der Waals surface area (Å²) < 4.78 is 39.2. The highest BCUT2D eigenvalue weighted by Gasteiger charge is 2.37. The number of sulfonamides is 1. The average Bonchev–Trinajstić information content (AvgIpc) is 3.34. The van der Waals surface area contributed by atoms with Crippen LogP contribution in [0.25, 0.3) is 11.0 Å². The third-order valence-electron chi connectivity index (χ3n) is 6.84. The quantitative estimate of drug-likeness (QED) is 0.203. The molecule has 2 fully saturated rings. The summed E-state index contributed by atoms with van der Waals surface area (Å²) in [5.41, 5.74) is 0.423. The molecular formula is C26H24N6O7S. The minimum Gasteiger partial charge on any atom is -0.455 e. The maximum atomic E-state index is 13.1. The summed E-state index contributed by atoms with van der Waals surface area (Å²) in [6.07, 6.45) is 3.20. The summed E-state index contributed by atoms with van der Waals surface area (Å²) in [6, 6.07) is 13.5. The number of pyridine rings is 1. The highest BCUT2D eigenvalue weighted by atomic mass is 32.2. The topological polar surface area (TPSA) is 169 Å². The Morgan fingerprint density at radius 1 is 1.15 bits per heavy atom. The van der Waals surface area contributed by atoms with Gasteiger partial charge >= 0.3 is 0 Å². The largest absolute Gasteiger partial charge is 0.455 e. The zero-order chi connectivity index (χ0) is 27.9. The van der Waals surface area contributed by atoms with E-state index >= 15 is 0 Å². The van der Waals surface area contributed by atoms with Crippen molar-refractivity contribution in [1.29, 1.82) is 0 Å². The number of carbonyl (C=O) groups is 1. The fraction of sp³-hybridized carbons (Fsp3) is 0.231. The van der Waals surface area contributed by atoms with Gasteiger partial charge in [-0.2, -0.15) is 0 Å². The number of hydrogen-bond donors (Lipinski definition) is 3. The molecule has 6 rings (SSSR count). The fourth-order valence-corrected chi connectivity index (χ4v) is 5.58. The van der Waals surface area contributed by atoms with Gasteiger partial charge in [-0.25, -0.2) is 18.1 Å². The highest BCUT2D eigenvalue weighted by molar-refractivity contribution is 7.90. The number of para-hydroxylation sites is 1. The first-order chi connectivity index (χ1) is 19.3. The Morgan fingerprint density at radius 3 is 2.70 bits per heavy atom. The van der Waals surface area contributed by atoms with E-state index in [1.54, 1.807) is 24.4 Å². The monoisotopic (exact) mass is 564 g/mol. The number of nitro benzene ring substituents is 1. The average molecular weight is 565 g/mol. The molecule has 3 N–H and O–H groups in total. The van der Waals surface area contributed by atoms with Crippen LogP contribution in [-0.2, 0) is 14.8 Å². The lowest BCUT2D eigenvalue weighted by molar-refractivity contribution is -0.384. The molecule has 0 aliphatic carbocycles. The van der Waals surface area contributed by atoms with Crippen molar-refractivity contribution in [3.63, 3.8) is 0 Å². The van der Waals surface area contributed by atoms with E-state index in [1.165, 1.54) is 30.5 Å². The summed E-state index contributed by atoms with van der Waals surface area (Å²) in [4.78, 5) is 33.2. The van der Waals surface area contributed by atoms with E-state index in [0.717, 1.165) is 11.5 Å². The van der Waals surface area contributed by atoms with E-state index in [-0.39, 0.29) is 23.0 Å². The minimum absolute atomic E-state index is 0.00822. The Balaban J connectivity index is 1.18. The molecule has 0 spiro atoms. The van der Waals surface area contributed by atoms with Crippen LogP contribution in [0.3, 0.4) is 0 Å². The maximum absolute atomic E-state index is 13.1. The van der Waals surface area contributed by atoms with Crippen LogP contribution in [0.15, 0.2) is 71.9 Å². The van der Waals surface area contributed by atoms with Gasteiger partial charge in [-0.05, 0) is 36.4 Å². The number of carbonyl (C=O) groups excluding carboxylic acids is 1. The normalized spacial score (nSPS) is 16.2. The number of hydrogen-bond acceptors (Lipinski definition) is 10. The van der Waals surface area contributed by atoms with Crippen LogP contribution in [0.1, 0.15) is 10.4 Å². The third kappa shape index (κ3) is 5.06. The summed E-state index contributed by atoms with van der Waals surface area (Å²) in [5, 5.41) is 15.7. The van der Waals surface area contributed by atoms with Gasteiger partial charge in [0.1, 0.15) is 22.8 Å². The van der Waals surface area contributed by atoms with Crippen molar-refractivity contribution in [2.24, 2.45) is 0 Å². The Morgan fingerprint density at radius 2 is 1.95 bits per heavy atom. The van der Waals surface area contributed by atoms with Gasteiger partial charge in [-0.15, -0.1) is 0 Å². The lowest BCUT2D eigenvalue weighted by Gasteiger charge is -2.47. The number of aromatic nitrogens is 2. The summed E-state index contributed by atoms with van der Waals surface area (Å²) in [5.74, 6) is -0.490. The number of rotatable bonds is 9. The molecule has 0 bridgehead atoms. The van der Waals surface area contributed by atoms with Crippen molar-refractivity contribution in [2.75, 3.05) is 31.6 Å². The second-order valence-electron chi connectivity index (χ2n) is 9.54. The van der Waals surface area contributed by atoms with Crippen LogP contribution in [0.4, 0.5) is 11.4 Å². The number of nitrogens with one attached hydrogen (secondary N) is 3. The van der Waals surface area contributed by atoms with E-state index in [4.69, 9.17) is 9.47 Å². The second kappa shape index (κ2) is 10.2. The number of fused-ring (bicyclic) bond motifs is 1. The number of ether oxygens (including phenoxy) is 2. The van der Waals surface area contributed by atoms with Gasteiger partial charge in [0.05, 0.1) is 46.9 Å². The predicted molar refractivity (Wildman–Crippen MR) is 144 cm³/mol. The van der Waals surface area contributed by atoms with Crippen molar-refractivity contribution in [3.8, 4) is 11.5 Å². The fourth-order valence-electron chi connectivity index (χ4n) is 4.59. The van der Waals surface area contributed by atoms with E-state index in [1.807, 2.05) is 10.8 Å². The Labute approximate surface area is 228 Å². The van der Waals surface area contributed by atoms with Crippen molar-refractivity contribution in [1.82, 2.24) is 19.6 Å². The number of benzene rings is 2. The van der Waals surface area contributed by atoms with Crippen LogP contribution in [0, 0.1) is 10.1 Å². The Kier molecular flexibility index (Phi) is 6.57. The minimum atomic E-state index is -4.45. The molecule has 1 amide bonds. The van der Waals surface area contributed by atoms with Gasteiger partial charge < -0.3 is 19.8 Å².